The first kappa shape index (κ1) is 11.3. The minimum absolute atomic E-state index is 0.549. The zero-order valence-corrected chi connectivity index (χ0v) is 10.4. The molecule has 5 nitrogen and oxygen atoms in total. The van der Waals surface area contributed by atoms with E-state index in [0.717, 1.165) is 30.7 Å². The first-order valence-corrected chi connectivity index (χ1v) is 6.27. The summed E-state index contributed by atoms with van der Waals surface area (Å²) in [7, 11) is 2.15. The first-order chi connectivity index (χ1) is 8.76. The lowest BCUT2D eigenvalue weighted by atomic mass is 10.1. The van der Waals surface area contributed by atoms with Crippen LogP contribution >= 0.6 is 0 Å². The monoisotopic (exact) mass is 244 g/mol. The van der Waals surface area contributed by atoms with E-state index in [1.165, 1.54) is 12.8 Å². The summed E-state index contributed by atoms with van der Waals surface area (Å²) in [6.45, 7) is 1.16. The quantitative estimate of drug-likeness (QED) is 0.761. The molecule has 3 heterocycles. The predicted molar refractivity (Wildman–Crippen MR) is 67.7 cm³/mol. The SMILES string of the molecule is CN1CCCC1Cc1nc2cc(C=O)ccn2n1. The number of carbonyl (C=O) groups excluding carboxylic acids is 1. The van der Waals surface area contributed by atoms with Crippen molar-refractivity contribution in [2.24, 2.45) is 0 Å². The highest BCUT2D eigenvalue weighted by Gasteiger charge is 2.22. The Bertz CT molecular complexity index is 577. The minimum Gasteiger partial charge on any atom is -0.303 e. The van der Waals surface area contributed by atoms with Crippen LogP contribution in [0.3, 0.4) is 0 Å². The van der Waals surface area contributed by atoms with E-state index in [9.17, 15) is 4.79 Å². The number of hydrogen-bond donors (Lipinski definition) is 0. The number of pyridine rings is 1. The van der Waals surface area contributed by atoms with Gasteiger partial charge in [0.25, 0.3) is 0 Å². The van der Waals surface area contributed by atoms with Gasteiger partial charge < -0.3 is 4.90 Å². The molecule has 1 aliphatic heterocycles. The van der Waals surface area contributed by atoms with E-state index in [-0.39, 0.29) is 0 Å². The van der Waals surface area contributed by atoms with Gasteiger partial charge in [0, 0.05) is 24.2 Å². The van der Waals surface area contributed by atoms with E-state index in [1.54, 1.807) is 22.8 Å². The van der Waals surface area contributed by atoms with Gasteiger partial charge in [0.2, 0.25) is 0 Å². The van der Waals surface area contributed by atoms with Crippen LogP contribution in [0.4, 0.5) is 0 Å². The molecule has 1 atom stereocenters. The van der Waals surface area contributed by atoms with Gasteiger partial charge in [-0.15, -0.1) is 0 Å². The maximum Gasteiger partial charge on any atom is 0.156 e. The number of aromatic nitrogens is 3. The Morgan fingerprint density at radius 1 is 1.56 bits per heavy atom. The molecule has 0 radical (unpaired) electrons. The van der Waals surface area contributed by atoms with Crippen LogP contribution in [0.2, 0.25) is 0 Å². The Labute approximate surface area is 105 Å². The summed E-state index contributed by atoms with van der Waals surface area (Å²) >= 11 is 0. The molecule has 2 aromatic rings. The van der Waals surface area contributed by atoms with E-state index >= 15 is 0 Å². The Balaban J connectivity index is 1.86. The van der Waals surface area contributed by atoms with E-state index in [2.05, 4.69) is 22.0 Å². The number of rotatable bonds is 3. The topological polar surface area (TPSA) is 50.5 Å². The molecule has 0 amide bonds. The highest BCUT2D eigenvalue weighted by atomic mass is 16.1. The molecule has 1 unspecified atom stereocenters. The van der Waals surface area contributed by atoms with Crippen molar-refractivity contribution in [2.75, 3.05) is 13.6 Å². The molecule has 0 aromatic carbocycles. The third kappa shape index (κ3) is 2.01. The summed E-state index contributed by atoms with van der Waals surface area (Å²) in [5.74, 6) is 0.858. The molecule has 1 aliphatic rings. The number of aldehydes is 1. The van der Waals surface area contributed by atoms with Crippen LogP contribution in [0, 0.1) is 0 Å². The highest BCUT2D eigenvalue weighted by molar-refractivity contribution is 5.76. The maximum atomic E-state index is 10.7. The number of carbonyl (C=O) groups is 1. The summed E-state index contributed by atoms with van der Waals surface area (Å²) in [6, 6.07) is 4.06. The normalized spacial score (nSPS) is 20.6. The van der Waals surface area contributed by atoms with Crippen molar-refractivity contribution in [1.29, 1.82) is 0 Å². The number of likely N-dealkylation sites (tertiary alicyclic amines) is 1. The maximum absolute atomic E-state index is 10.7. The van der Waals surface area contributed by atoms with Crippen molar-refractivity contribution in [3.63, 3.8) is 0 Å². The molecule has 0 bridgehead atoms. The summed E-state index contributed by atoms with van der Waals surface area (Å²) in [6.07, 6.45) is 5.97. The smallest absolute Gasteiger partial charge is 0.156 e. The van der Waals surface area contributed by atoms with Crippen molar-refractivity contribution < 1.29 is 4.79 Å². The van der Waals surface area contributed by atoms with Crippen LogP contribution in [-0.4, -0.2) is 45.4 Å². The average molecular weight is 244 g/mol. The van der Waals surface area contributed by atoms with Crippen LogP contribution < -0.4 is 0 Å². The fourth-order valence-corrected chi connectivity index (χ4v) is 2.55. The Hall–Kier alpha value is -1.75. The van der Waals surface area contributed by atoms with Gasteiger partial charge >= 0.3 is 0 Å². The average Bonchev–Trinajstić information content (AvgIpc) is 2.95. The van der Waals surface area contributed by atoms with Gasteiger partial charge in [-0.25, -0.2) is 9.50 Å². The predicted octanol–water partition coefficient (Wildman–Crippen LogP) is 1.18. The van der Waals surface area contributed by atoms with Gasteiger partial charge in [-0.1, -0.05) is 0 Å². The number of fused-ring (bicyclic) bond motifs is 1. The zero-order valence-electron chi connectivity index (χ0n) is 10.4. The van der Waals surface area contributed by atoms with Gasteiger partial charge in [-0.2, -0.15) is 5.10 Å². The second kappa shape index (κ2) is 4.49. The summed E-state index contributed by atoms with van der Waals surface area (Å²) in [4.78, 5) is 17.6. The standard InChI is InChI=1S/C13H16N4O/c1-16-5-2-3-11(16)8-12-14-13-7-10(9-18)4-6-17(13)15-12/h4,6-7,9,11H,2-3,5,8H2,1H3. The van der Waals surface area contributed by atoms with E-state index < -0.39 is 0 Å². The zero-order chi connectivity index (χ0) is 12.5. The third-order valence-electron chi connectivity index (χ3n) is 3.63. The van der Waals surface area contributed by atoms with Gasteiger partial charge in [-0.05, 0) is 38.6 Å². The number of likely N-dealkylation sites (N-methyl/N-ethyl adjacent to an activating group) is 1. The van der Waals surface area contributed by atoms with E-state index in [1.807, 2.05) is 0 Å². The second-order valence-electron chi connectivity index (χ2n) is 4.89. The van der Waals surface area contributed by atoms with Crippen molar-refractivity contribution in [2.45, 2.75) is 25.3 Å². The molecule has 0 N–H and O–H groups in total. The van der Waals surface area contributed by atoms with Crippen molar-refractivity contribution >= 4 is 11.9 Å². The Morgan fingerprint density at radius 2 is 2.44 bits per heavy atom. The molecule has 3 rings (SSSR count). The molecule has 2 aromatic heterocycles. The van der Waals surface area contributed by atoms with Gasteiger partial charge in [0.15, 0.2) is 11.5 Å². The van der Waals surface area contributed by atoms with Crippen LogP contribution in [0.15, 0.2) is 18.3 Å². The molecular formula is C13H16N4O. The first-order valence-electron chi connectivity index (χ1n) is 6.27. The fourth-order valence-electron chi connectivity index (χ4n) is 2.55. The molecule has 0 aliphatic carbocycles. The van der Waals surface area contributed by atoms with Crippen molar-refractivity contribution in [3.05, 3.63) is 29.7 Å². The van der Waals surface area contributed by atoms with Gasteiger partial charge in [0.1, 0.15) is 6.29 Å². The van der Waals surface area contributed by atoms with Crippen molar-refractivity contribution in [3.8, 4) is 0 Å². The van der Waals surface area contributed by atoms with Crippen LogP contribution in [0.1, 0.15) is 29.0 Å². The van der Waals surface area contributed by atoms with Crippen LogP contribution in [0.25, 0.3) is 5.65 Å². The highest BCUT2D eigenvalue weighted by Crippen LogP contribution is 2.18. The molecule has 1 fully saturated rings. The lowest BCUT2D eigenvalue weighted by Crippen LogP contribution is -2.27. The van der Waals surface area contributed by atoms with Gasteiger partial charge in [0.05, 0.1) is 0 Å². The molecule has 94 valence electrons. The molecule has 1 saturated heterocycles. The fraction of sp³-hybridized carbons (Fsp3) is 0.462. The second-order valence-corrected chi connectivity index (χ2v) is 4.89. The molecular weight excluding hydrogens is 228 g/mol. The molecule has 0 saturated carbocycles. The van der Waals surface area contributed by atoms with E-state index in [0.29, 0.717) is 11.6 Å². The lowest BCUT2D eigenvalue weighted by molar-refractivity contribution is 0.112. The minimum atomic E-state index is 0.549. The van der Waals surface area contributed by atoms with Crippen molar-refractivity contribution in [1.82, 2.24) is 19.5 Å². The number of hydrogen-bond acceptors (Lipinski definition) is 4. The molecule has 18 heavy (non-hydrogen) atoms. The Kier molecular flexibility index (Phi) is 2.83. The van der Waals surface area contributed by atoms with Gasteiger partial charge in [-0.3, -0.25) is 4.79 Å². The summed E-state index contributed by atoms with van der Waals surface area (Å²) in [5, 5.41) is 4.45. The number of nitrogens with zero attached hydrogens (tertiary/aromatic N) is 4. The lowest BCUT2D eigenvalue weighted by Gasteiger charge is -2.17. The summed E-state index contributed by atoms with van der Waals surface area (Å²) in [5.41, 5.74) is 1.38. The van der Waals surface area contributed by atoms with E-state index in [4.69, 9.17) is 0 Å². The van der Waals surface area contributed by atoms with Crippen LogP contribution in [-0.2, 0) is 6.42 Å². The Morgan fingerprint density at radius 3 is 3.17 bits per heavy atom. The third-order valence-corrected chi connectivity index (χ3v) is 3.63. The largest absolute Gasteiger partial charge is 0.303 e. The van der Waals surface area contributed by atoms with Crippen LogP contribution in [0.5, 0.6) is 0 Å². The molecule has 0 spiro atoms. The molecule has 5 heteroatoms. The summed E-state index contributed by atoms with van der Waals surface area (Å²) < 4.78 is 1.73.